The Labute approximate surface area is 120 Å². The van der Waals surface area contributed by atoms with Gasteiger partial charge in [-0.3, -0.25) is 11.3 Å². The molecule has 0 spiro atoms. The van der Waals surface area contributed by atoms with E-state index >= 15 is 0 Å². The molecule has 1 aliphatic rings. The molecule has 1 saturated carbocycles. The average molecular weight is 269 g/mol. The summed E-state index contributed by atoms with van der Waals surface area (Å²) in [4.78, 5) is 2.43. The summed E-state index contributed by atoms with van der Waals surface area (Å²) in [6.07, 6.45) is 8.99. The van der Waals surface area contributed by atoms with Crippen molar-refractivity contribution in [3.05, 3.63) is 0 Å². The number of hydrazine groups is 1. The van der Waals surface area contributed by atoms with Crippen LogP contribution in [0.5, 0.6) is 0 Å². The van der Waals surface area contributed by atoms with E-state index in [0.29, 0.717) is 6.04 Å². The van der Waals surface area contributed by atoms with Crippen LogP contribution in [-0.2, 0) is 0 Å². The second-order valence-electron chi connectivity index (χ2n) is 7.22. The second-order valence-corrected chi connectivity index (χ2v) is 7.22. The van der Waals surface area contributed by atoms with E-state index in [2.05, 4.69) is 45.2 Å². The molecule has 0 radical (unpaired) electrons. The topological polar surface area (TPSA) is 41.3 Å². The van der Waals surface area contributed by atoms with E-state index in [0.717, 1.165) is 11.8 Å². The van der Waals surface area contributed by atoms with Crippen molar-refractivity contribution in [3.8, 4) is 0 Å². The maximum Gasteiger partial charge on any atom is 0.0394 e. The van der Waals surface area contributed by atoms with E-state index in [9.17, 15) is 0 Å². The molecule has 1 unspecified atom stereocenters. The van der Waals surface area contributed by atoms with Crippen LogP contribution in [0.3, 0.4) is 0 Å². The maximum absolute atomic E-state index is 5.90. The van der Waals surface area contributed by atoms with E-state index in [1.807, 2.05) is 0 Å². The highest BCUT2D eigenvalue weighted by Gasteiger charge is 2.42. The Balaban J connectivity index is 2.66. The number of hydrogen-bond donors (Lipinski definition) is 2. The van der Waals surface area contributed by atoms with Gasteiger partial charge < -0.3 is 4.90 Å². The summed E-state index contributed by atoms with van der Waals surface area (Å²) in [5.74, 6) is 7.57. The third kappa shape index (κ3) is 4.44. The quantitative estimate of drug-likeness (QED) is 0.551. The average Bonchev–Trinajstić information content (AvgIpc) is 2.35. The first-order chi connectivity index (χ1) is 8.92. The van der Waals surface area contributed by atoms with Crippen molar-refractivity contribution >= 4 is 0 Å². The fourth-order valence-electron chi connectivity index (χ4n) is 3.61. The molecule has 0 amide bonds. The lowest BCUT2D eigenvalue weighted by molar-refractivity contribution is 0.0391. The van der Waals surface area contributed by atoms with Crippen molar-refractivity contribution in [3.63, 3.8) is 0 Å². The van der Waals surface area contributed by atoms with Gasteiger partial charge in [-0.15, -0.1) is 0 Å². The zero-order chi connectivity index (χ0) is 14.5. The fraction of sp³-hybridized carbons (Fsp3) is 1.00. The summed E-state index contributed by atoms with van der Waals surface area (Å²) in [5, 5.41) is 0. The van der Waals surface area contributed by atoms with Gasteiger partial charge in [0.25, 0.3) is 0 Å². The highest BCUT2D eigenvalue weighted by molar-refractivity contribution is 5.00. The van der Waals surface area contributed by atoms with Gasteiger partial charge in [-0.25, -0.2) is 0 Å². The third-order valence-corrected chi connectivity index (χ3v) is 5.15. The first kappa shape index (κ1) is 16.9. The van der Waals surface area contributed by atoms with Gasteiger partial charge in [0.05, 0.1) is 0 Å². The Bertz CT molecular complexity index is 242. The summed E-state index contributed by atoms with van der Waals surface area (Å²) in [7, 11) is 4.45. The molecule has 19 heavy (non-hydrogen) atoms. The van der Waals surface area contributed by atoms with Gasteiger partial charge in [-0.2, -0.15) is 0 Å². The standard InChI is InChI=1S/C16H35N3/c1-13(2)7-6-8-15(18-17)16(19(4)5)11-9-14(3)10-12-16/h13-15,18H,6-12,17H2,1-5H3. The molecule has 3 N–H and O–H groups in total. The highest BCUT2D eigenvalue weighted by atomic mass is 15.3. The maximum atomic E-state index is 5.90. The molecule has 3 nitrogen and oxygen atoms in total. The van der Waals surface area contributed by atoms with Gasteiger partial charge in [0.2, 0.25) is 0 Å². The monoisotopic (exact) mass is 269 g/mol. The lowest BCUT2D eigenvalue weighted by Gasteiger charge is -2.49. The molecule has 1 rings (SSSR count). The van der Waals surface area contributed by atoms with Crippen LogP contribution in [0.1, 0.15) is 65.7 Å². The molecule has 0 aliphatic heterocycles. The van der Waals surface area contributed by atoms with Gasteiger partial charge in [0, 0.05) is 11.6 Å². The number of nitrogens with two attached hydrogens (primary N) is 1. The molecule has 0 aromatic carbocycles. The van der Waals surface area contributed by atoms with E-state index in [1.165, 1.54) is 44.9 Å². The number of nitrogens with one attached hydrogen (secondary N) is 1. The minimum Gasteiger partial charge on any atom is -0.302 e. The molecule has 0 bridgehead atoms. The van der Waals surface area contributed by atoms with Crippen LogP contribution < -0.4 is 11.3 Å². The van der Waals surface area contributed by atoms with Gasteiger partial charge in [-0.1, -0.05) is 33.6 Å². The van der Waals surface area contributed by atoms with E-state index in [1.54, 1.807) is 0 Å². The minimum atomic E-state index is 0.262. The Morgan fingerprint density at radius 2 is 1.79 bits per heavy atom. The molecule has 0 saturated heterocycles. The minimum absolute atomic E-state index is 0.262. The van der Waals surface area contributed by atoms with E-state index in [-0.39, 0.29) is 5.54 Å². The fourth-order valence-corrected chi connectivity index (χ4v) is 3.61. The first-order valence-corrected chi connectivity index (χ1v) is 8.06. The van der Waals surface area contributed by atoms with Gasteiger partial charge in [0.1, 0.15) is 0 Å². The number of nitrogens with zero attached hydrogens (tertiary/aromatic N) is 1. The van der Waals surface area contributed by atoms with Crippen LogP contribution in [0.4, 0.5) is 0 Å². The molecule has 0 aromatic rings. The van der Waals surface area contributed by atoms with Crippen LogP contribution in [0.2, 0.25) is 0 Å². The number of hydrogen-bond acceptors (Lipinski definition) is 3. The molecular formula is C16H35N3. The Hall–Kier alpha value is -0.120. The van der Waals surface area contributed by atoms with Crippen LogP contribution in [0.15, 0.2) is 0 Å². The molecule has 0 heterocycles. The molecule has 1 atom stereocenters. The molecular weight excluding hydrogens is 234 g/mol. The Morgan fingerprint density at radius 1 is 1.21 bits per heavy atom. The van der Waals surface area contributed by atoms with Crippen LogP contribution in [-0.4, -0.2) is 30.6 Å². The molecule has 3 heteroatoms. The predicted molar refractivity (Wildman–Crippen MR) is 83.9 cm³/mol. The number of likely N-dealkylation sites (N-methyl/N-ethyl adjacent to an activating group) is 1. The van der Waals surface area contributed by atoms with Crippen molar-refractivity contribution in [2.24, 2.45) is 17.7 Å². The Kier molecular flexibility index (Phi) is 6.78. The molecule has 1 fully saturated rings. The normalized spacial score (nSPS) is 30.0. The van der Waals surface area contributed by atoms with Crippen molar-refractivity contribution < 1.29 is 0 Å². The summed E-state index contributed by atoms with van der Waals surface area (Å²) < 4.78 is 0. The van der Waals surface area contributed by atoms with E-state index < -0.39 is 0 Å². The smallest absolute Gasteiger partial charge is 0.0394 e. The first-order valence-electron chi connectivity index (χ1n) is 8.06. The SMILES string of the molecule is CC(C)CCCC(NN)C1(N(C)C)CCC(C)CC1. The number of rotatable bonds is 7. The van der Waals surface area contributed by atoms with Gasteiger partial charge in [0.15, 0.2) is 0 Å². The lowest BCUT2D eigenvalue weighted by atomic mass is 9.71. The zero-order valence-corrected chi connectivity index (χ0v) is 13.7. The second kappa shape index (κ2) is 7.61. The van der Waals surface area contributed by atoms with Crippen molar-refractivity contribution in [2.45, 2.75) is 77.3 Å². The summed E-state index contributed by atoms with van der Waals surface area (Å²) in [5.41, 5.74) is 3.40. The van der Waals surface area contributed by atoms with Crippen molar-refractivity contribution in [1.82, 2.24) is 10.3 Å². The Morgan fingerprint density at radius 3 is 2.21 bits per heavy atom. The van der Waals surface area contributed by atoms with Gasteiger partial charge in [-0.05, 0) is 58.0 Å². The molecule has 1 aliphatic carbocycles. The lowest BCUT2D eigenvalue weighted by Crippen LogP contribution is -2.62. The van der Waals surface area contributed by atoms with Crippen LogP contribution >= 0.6 is 0 Å². The highest BCUT2D eigenvalue weighted by Crippen LogP contribution is 2.39. The van der Waals surface area contributed by atoms with Crippen molar-refractivity contribution in [2.75, 3.05) is 14.1 Å². The molecule has 0 aromatic heterocycles. The third-order valence-electron chi connectivity index (χ3n) is 5.15. The largest absolute Gasteiger partial charge is 0.302 e. The summed E-state index contributed by atoms with van der Waals surface area (Å²) >= 11 is 0. The summed E-state index contributed by atoms with van der Waals surface area (Å²) in [6.45, 7) is 6.98. The van der Waals surface area contributed by atoms with Crippen LogP contribution in [0.25, 0.3) is 0 Å². The molecule has 114 valence electrons. The predicted octanol–water partition coefficient (Wildman–Crippen LogP) is 3.16. The summed E-state index contributed by atoms with van der Waals surface area (Å²) in [6, 6.07) is 0.425. The van der Waals surface area contributed by atoms with Crippen molar-refractivity contribution in [1.29, 1.82) is 0 Å². The zero-order valence-electron chi connectivity index (χ0n) is 13.7. The van der Waals surface area contributed by atoms with Gasteiger partial charge >= 0.3 is 0 Å². The van der Waals surface area contributed by atoms with Crippen LogP contribution in [0, 0.1) is 11.8 Å². The van der Waals surface area contributed by atoms with E-state index in [4.69, 9.17) is 5.84 Å².